The van der Waals surface area contributed by atoms with Crippen molar-refractivity contribution in [2.24, 2.45) is 5.41 Å². The molecule has 0 aliphatic carbocycles. The first kappa shape index (κ1) is 12.0. The summed E-state index contributed by atoms with van der Waals surface area (Å²) in [6, 6.07) is 6.51. The van der Waals surface area contributed by atoms with Gasteiger partial charge in [-0.05, 0) is 47.3 Å². The van der Waals surface area contributed by atoms with Crippen molar-refractivity contribution in [3.05, 3.63) is 28.2 Å². The summed E-state index contributed by atoms with van der Waals surface area (Å²) in [7, 11) is 0. The highest BCUT2D eigenvalue weighted by molar-refractivity contribution is 9.10. The zero-order valence-electron chi connectivity index (χ0n) is 10.4. The molecule has 0 aromatic heterocycles. The molecule has 1 aliphatic heterocycles. The Morgan fingerprint density at radius 1 is 1.25 bits per heavy atom. The number of anilines is 1. The molecule has 0 N–H and O–H groups in total. The molecular formula is C14H20BrN. The first-order chi connectivity index (χ1) is 7.62. The van der Waals surface area contributed by atoms with Crippen LogP contribution in [0, 0.1) is 12.3 Å². The van der Waals surface area contributed by atoms with Crippen LogP contribution in [0.2, 0.25) is 0 Å². The molecule has 1 aliphatic rings. The summed E-state index contributed by atoms with van der Waals surface area (Å²) in [5.41, 5.74) is 3.25. The van der Waals surface area contributed by atoms with Gasteiger partial charge >= 0.3 is 0 Å². The molecule has 1 aromatic rings. The van der Waals surface area contributed by atoms with Crippen LogP contribution < -0.4 is 4.90 Å². The van der Waals surface area contributed by atoms with E-state index in [-0.39, 0.29) is 0 Å². The molecule has 0 amide bonds. The molecule has 0 atom stereocenters. The predicted octanol–water partition coefficient (Wildman–Crippen LogP) is 4.38. The van der Waals surface area contributed by atoms with Gasteiger partial charge in [0.1, 0.15) is 0 Å². The molecule has 0 bridgehead atoms. The SMILES string of the molecule is CCC1(CC)CN(c2cccc(C)c2Br)C1. The summed E-state index contributed by atoms with van der Waals surface area (Å²) in [5.74, 6) is 0. The summed E-state index contributed by atoms with van der Waals surface area (Å²) in [6.45, 7) is 9.20. The standard InChI is InChI=1S/C14H20BrN/c1-4-14(5-2)9-16(10-14)12-8-6-7-11(3)13(12)15/h6-8H,4-5,9-10H2,1-3H3. The van der Waals surface area contributed by atoms with Gasteiger partial charge in [-0.2, -0.15) is 0 Å². The van der Waals surface area contributed by atoms with Crippen LogP contribution in [-0.4, -0.2) is 13.1 Å². The summed E-state index contributed by atoms with van der Waals surface area (Å²) in [6.07, 6.45) is 2.59. The van der Waals surface area contributed by atoms with Crippen LogP contribution in [-0.2, 0) is 0 Å². The van der Waals surface area contributed by atoms with E-state index in [1.807, 2.05) is 0 Å². The van der Waals surface area contributed by atoms with Gasteiger partial charge in [0.15, 0.2) is 0 Å². The van der Waals surface area contributed by atoms with Gasteiger partial charge in [0.05, 0.1) is 5.69 Å². The number of halogens is 1. The highest BCUT2D eigenvalue weighted by Crippen LogP contribution is 2.42. The molecule has 0 spiro atoms. The zero-order valence-corrected chi connectivity index (χ0v) is 12.0. The largest absolute Gasteiger partial charge is 0.369 e. The van der Waals surface area contributed by atoms with Crippen molar-refractivity contribution >= 4 is 21.6 Å². The second-order valence-corrected chi connectivity index (χ2v) is 5.76. The van der Waals surface area contributed by atoms with E-state index in [0.717, 1.165) is 0 Å². The third-order valence-electron chi connectivity index (χ3n) is 4.06. The smallest absolute Gasteiger partial charge is 0.0513 e. The fraction of sp³-hybridized carbons (Fsp3) is 0.571. The fourth-order valence-electron chi connectivity index (χ4n) is 2.51. The molecule has 1 fully saturated rings. The minimum Gasteiger partial charge on any atom is -0.369 e. The van der Waals surface area contributed by atoms with Gasteiger partial charge < -0.3 is 4.90 Å². The lowest BCUT2D eigenvalue weighted by Gasteiger charge is -2.51. The average Bonchev–Trinajstić information content (AvgIpc) is 2.24. The van der Waals surface area contributed by atoms with Crippen molar-refractivity contribution in [2.75, 3.05) is 18.0 Å². The van der Waals surface area contributed by atoms with Crippen LogP contribution in [0.4, 0.5) is 5.69 Å². The maximum atomic E-state index is 3.70. The number of benzene rings is 1. The first-order valence-electron chi connectivity index (χ1n) is 6.12. The number of aryl methyl sites for hydroxylation is 1. The molecule has 1 saturated heterocycles. The Labute approximate surface area is 107 Å². The van der Waals surface area contributed by atoms with Crippen molar-refractivity contribution in [3.8, 4) is 0 Å². The third-order valence-corrected chi connectivity index (χ3v) is 5.10. The normalized spacial score (nSPS) is 18.4. The molecule has 2 rings (SSSR count). The Hall–Kier alpha value is -0.500. The first-order valence-corrected chi connectivity index (χ1v) is 6.91. The van der Waals surface area contributed by atoms with Crippen molar-refractivity contribution in [2.45, 2.75) is 33.6 Å². The number of rotatable bonds is 3. The van der Waals surface area contributed by atoms with Crippen LogP contribution in [0.3, 0.4) is 0 Å². The number of nitrogens with zero attached hydrogens (tertiary/aromatic N) is 1. The summed E-state index contributed by atoms with van der Waals surface area (Å²) >= 11 is 3.70. The molecule has 1 heterocycles. The third kappa shape index (κ3) is 1.88. The Kier molecular flexibility index (Phi) is 3.29. The molecular weight excluding hydrogens is 262 g/mol. The van der Waals surface area contributed by atoms with Gasteiger partial charge in [0, 0.05) is 23.0 Å². The number of hydrogen-bond acceptors (Lipinski definition) is 1. The molecule has 1 aromatic carbocycles. The topological polar surface area (TPSA) is 3.24 Å². The van der Waals surface area contributed by atoms with Crippen molar-refractivity contribution in [3.63, 3.8) is 0 Å². The second-order valence-electron chi connectivity index (χ2n) is 4.97. The van der Waals surface area contributed by atoms with E-state index < -0.39 is 0 Å². The highest BCUT2D eigenvalue weighted by Gasteiger charge is 2.40. The lowest BCUT2D eigenvalue weighted by molar-refractivity contribution is 0.194. The monoisotopic (exact) mass is 281 g/mol. The number of hydrogen-bond donors (Lipinski definition) is 0. The molecule has 88 valence electrons. The predicted molar refractivity (Wildman–Crippen MR) is 74.1 cm³/mol. The Bertz CT molecular complexity index is 374. The van der Waals surface area contributed by atoms with Crippen molar-refractivity contribution < 1.29 is 0 Å². The van der Waals surface area contributed by atoms with Gasteiger partial charge in [-0.1, -0.05) is 26.0 Å². The van der Waals surface area contributed by atoms with Gasteiger partial charge in [-0.15, -0.1) is 0 Å². The minimum atomic E-state index is 0.573. The fourth-order valence-corrected chi connectivity index (χ4v) is 3.02. The Morgan fingerprint density at radius 2 is 1.88 bits per heavy atom. The molecule has 2 heteroatoms. The van der Waals surface area contributed by atoms with E-state index in [1.54, 1.807) is 0 Å². The lowest BCUT2D eigenvalue weighted by Crippen LogP contribution is -2.56. The highest BCUT2D eigenvalue weighted by atomic mass is 79.9. The zero-order chi connectivity index (χ0) is 11.8. The molecule has 1 nitrogen and oxygen atoms in total. The Balaban J connectivity index is 2.15. The van der Waals surface area contributed by atoms with E-state index in [2.05, 4.69) is 59.8 Å². The van der Waals surface area contributed by atoms with Gasteiger partial charge in [-0.25, -0.2) is 0 Å². The van der Waals surface area contributed by atoms with E-state index in [1.165, 1.54) is 41.7 Å². The van der Waals surface area contributed by atoms with Crippen LogP contribution in [0.15, 0.2) is 22.7 Å². The van der Waals surface area contributed by atoms with Gasteiger partial charge in [-0.3, -0.25) is 0 Å². The van der Waals surface area contributed by atoms with Crippen LogP contribution >= 0.6 is 15.9 Å². The van der Waals surface area contributed by atoms with Crippen molar-refractivity contribution in [1.82, 2.24) is 0 Å². The molecule has 0 radical (unpaired) electrons. The molecule has 0 unspecified atom stereocenters. The lowest BCUT2D eigenvalue weighted by atomic mass is 9.75. The van der Waals surface area contributed by atoms with E-state index >= 15 is 0 Å². The molecule has 0 saturated carbocycles. The maximum absolute atomic E-state index is 3.70. The maximum Gasteiger partial charge on any atom is 0.0513 e. The van der Waals surface area contributed by atoms with E-state index in [4.69, 9.17) is 0 Å². The van der Waals surface area contributed by atoms with Crippen LogP contribution in [0.1, 0.15) is 32.3 Å². The molecule has 16 heavy (non-hydrogen) atoms. The quantitative estimate of drug-likeness (QED) is 0.795. The average molecular weight is 282 g/mol. The summed E-state index contributed by atoms with van der Waals surface area (Å²) in [4.78, 5) is 2.49. The minimum absolute atomic E-state index is 0.573. The summed E-state index contributed by atoms with van der Waals surface area (Å²) in [5, 5.41) is 0. The Morgan fingerprint density at radius 3 is 2.44 bits per heavy atom. The van der Waals surface area contributed by atoms with Gasteiger partial charge in [0.25, 0.3) is 0 Å². The van der Waals surface area contributed by atoms with Gasteiger partial charge in [0.2, 0.25) is 0 Å². The van der Waals surface area contributed by atoms with E-state index in [0.29, 0.717) is 5.41 Å². The second kappa shape index (κ2) is 4.40. The summed E-state index contributed by atoms with van der Waals surface area (Å²) < 4.78 is 1.26. The van der Waals surface area contributed by atoms with Crippen LogP contribution in [0.5, 0.6) is 0 Å². The van der Waals surface area contributed by atoms with E-state index in [9.17, 15) is 0 Å². The van der Waals surface area contributed by atoms with Crippen LogP contribution in [0.25, 0.3) is 0 Å². The van der Waals surface area contributed by atoms with Crippen molar-refractivity contribution in [1.29, 1.82) is 0 Å².